The number of benzene rings is 1. The van der Waals surface area contributed by atoms with Gasteiger partial charge < -0.3 is 5.11 Å². The van der Waals surface area contributed by atoms with Gasteiger partial charge in [-0.05, 0) is 37.3 Å². The Morgan fingerprint density at radius 2 is 1.78 bits per heavy atom. The Labute approximate surface area is 134 Å². The molecule has 0 heterocycles. The second-order valence-corrected chi connectivity index (χ2v) is 7.46. The van der Waals surface area contributed by atoms with Crippen molar-refractivity contribution >= 4 is 21.7 Å². The molecule has 1 rings (SSSR count). The van der Waals surface area contributed by atoms with E-state index in [0.29, 0.717) is 0 Å². The molecule has 8 nitrogen and oxygen atoms in total. The fraction of sp³-hybridized carbons (Fsp3) is 0.500. The lowest BCUT2D eigenvalue weighted by atomic mass is 10.1. The Morgan fingerprint density at radius 3 is 2.13 bits per heavy atom. The van der Waals surface area contributed by atoms with Crippen LogP contribution in [0.3, 0.4) is 0 Å². The van der Waals surface area contributed by atoms with Gasteiger partial charge >= 0.3 is 5.97 Å². The Balaban J connectivity index is 3.28. The maximum Gasteiger partial charge on any atom is 0.321 e. The van der Waals surface area contributed by atoms with Crippen LogP contribution in [0.5, 0.6) is 0 Å². The van der Waals surface area contributed by atoms with Crippen molar-refractivity contribution in [3.05, 3.63) is 33.4 Å². The van der Waals surface area contributed by atoms with Crippen LogP contribution in [0.1, 0.15) is 31.4 Å². The quantitative estimate of drug-likeness (QED) is 0.575. The van der Waals surface area contributed by atoms with E-state index in [1.165, 1.54) is 13.8 Å². The Hall–Kier alpha value is -2.00. The van der Waals surface area contributed by atoms with Crippen LogP contribution >= 0.6 is 0 Å². The second-order valence-electron chi connectivity index (χ2n) is 5.81. The van der Waals surface area contributed by atoms with E-state index in [9.17, 15) is 28.4 Å². The molecule has 9 heteroatoms. The summed E-state index contributed by atoms with van der Waals surface area (Å²) >= 11 is 0. The van der Waals surface area contributed by atoms with Crippen LogP contribution < -0.4 is 4.72 Å². The van der Waals surface area contributed by atoms with Gasteiger partial charge in [0.05, 0.1) is 9.82 Å². The summed E-state index contributed by atoms with van der Waals surface area (Å²) in [6.07, 6.45) is 0.139. The van der Waals surface area contributed by atoms with E-state index in [1.54, 1.807) is 13.8 Å². The van der Waals surface area contributed by atoms with Crippen molar-refractivity contribution in [1.29, 1.82) is 0 Å². The number of hydrogen-bond acceptors (Lipinski definition) is 5. The molecule has 0 saturated carbocycles. The standard InChI is InChI=1S/C14H20N2O6S/c1-8(2)5-12(14(17)18)15-23(21,22)13-9(3)6-11(16(19)20)7-10(13)4/h6-8,12,15H,5H2,1-4H3,(H,17,18)/t12-/m0/s1. The molecule has 0 aliphatic carbocycles. The molecular formula is C14H20N2O6S. The minimum atomic E-state index is -4.11. The highest BCUT2D eigenvalue weighted by Crippen LogP contribution is 2.26. The first-order valence-corrected chi connectivity index (χ1v) is 8.44. The lowest BCUT2D eigenvalue weighted by Gasteiger charge is -2.18. The normalized spacial score (nSPS) is 13.1. The van der Waals surface area contributed by atoms with Gasteiger partial charge in [-0.1, -0.05) is 13.8 Å². The van der Waals surface area contributed by atoms with Crippen LogP contribution in [-0.4, -0.2) is 30.5 Å². The van der Waals surface area contributed by atoms with E-state index in [1.807, 2.05) is 0 Å². The molecule has 1 atom stereocenters. The van der Waals surface area contributed by atoms with Crippen molar-refractivity contribution in [3.8, 4) is 0 Å². The first kappa shape index (κ1) is 19.0. The average molecular weight is 344 g/mol. The fourth-order valence-corrected chi connectivity index (χ4v) is 4.03. The predicted molar refractivity (Wildman–Crippen MR) is 83.8 cm³/mol. The molecule has 1 aromatic rings. The summed E-state index contributed by atoms with van der Waals surface area (Å²) in [7, 11) is -4.11. The van der Waals surface area contributed by atoms with Crippen LogP contribution in [0.25, 0.3) is 0 Å². The van der Waals surface area contributed by atoms with Gasteiger partial charge in [-0.2, -0.15) is 4.72 Å². The van der Waals surface area contributed by atoms with Crippen LogP contribution in [0, 0.1) is 29.9 Å². The monoisotopic (exact) mass is 344 g/mol. The van der Waals surface area contributed by atoms with Gasteiger partial charge in [-0.3, -0.25) is 14.9 Å². The summed E-state index contributed by atoms with van der Waals surface area (Å²) in [6, 6.07) is 1.05. The Kier molecular flexibility index (Phi) is 5.84. The molecule has 1 aromatic carbocycles. The van der Waals surface area contributed by atoms with E-state index >= 15 is 0 Å². The highest BCUT2D eigenvalue weighted by molar-refractivity contribution is 7.89. The topological polar surface area (TPSA) is 127 Å². The zero-order valence-corrected chi connectivity index (χ0v) is 14.2. The molecule has 0 fully saturated rings. The van der Waals surface area contributed by atoms with Crippen molar-refractivity contribution in [2.24, 2.45) is 5.92 Å². The van der Waals surface area contributed by atoms with Crippen LogP contribution in [0.15, 0.2) is 17.0 Å². The molecule has 23 heavy (non-hydrogen) atoms. The molecule has 128 valence electrons. The minimum absolute atomic E-state index is 0.0159. The second kappa shape index (κ2) is 7.05. The van der Waals surface area contributed by atoms with Crippen molar-refractivity contribution in [3.63, 3.8) is 0 Å². The van der Waals surface area contributed by atoms with Crippen LogP contribution in [0.4, 0.5) is 5.69 Å². The van der Waals surface area contributed by atoms with E-state index in [2.05, 4.69) is 4.72 Å². The third-order valence-corrected chi connectivity index (χ3v) is 5.00. The third-order valence-electron chi connectivity index (χ3n) is 3.23. The van der Waals surface area contributed by atoms with Crippen molar-refractivity contribution < 1.29 is 23.2 Å². The summed E-state index contributed by atoms with van der Waals surface area (Å²) in [5, 5.41) is 20.0. The average Bonchev–Trinajstić information content (AvgIpc) is 2.35. The SMILES string of the molecule is Cc1cc([N+](=O)[O-])cc(C)c1S(=O)(=O)N[C@@H](CC(C)C)C(=O)O. The number of nitro benzene ring substituents is 1. The zero-order chi connectivity index (χ0) is 17.9. The maximum atomic E-state index is 12.5. The van der Waals surface area contributed by atoms with Gasteiger partial charge in [0.2, 0.25) is 10.0 Å². The molecule has 0 saturated heterocycles. The number of nitrogens with zero attached hydrogens (tertiary/aromatic N) is 1. The number of aliphatic carboxylic acids is 1. The first-order valence-electron chi connectivity index (χ1n) is 6.96. The van der Waals surface area contributed by atoms with E-state index in [4.69, 9.17) is 0 Å². The number of carboxylic acids is 1. The number of rotatable bonds is 7. The fourth-order valence-electron chi connectivity index (χ4n) is 2.37. The van der Waals surface area contributed by atoms with Crippen molar-refractivity contribution in [2.75, 3.05) is 0 Å². The van der Waals surface area contributed by atoms with Gasteiger partial charge in [-0.25, -0.2) is 8.42 Å². The summed E-state index contributed by atoms with van der Waals surface area (Å²) < 4.78 is 27.2. The van der Waals surface area contributed by atoms with E-state index in [0.717, 1.165) is 12.1 Å². The molecule has 0 amide bonds. The molecule has 0 bridgehead atoms. The number of nitrogens with one attached hydrogen (secondary N) is 1. The van der Waals surface area contributed by atoms with Crippen molar-refractivity contribution in [2.45, 2.75) is 45.1 Å². The van der Waals surface area contributed by atoms with Crippen molar-refractivity contribution in [1.82, 2.24) is 4.72 Å². The van der Waals surface area contributed by atoms with Crippen LogP contribution in [-0.2, 0) is 14.8 Å². The van der Waals surface area contributed by atoms with Gasteiger partial charge in [-0.15, -0.1) is 0 Å². The molecule has 2 N–H and O–H groups in total. The van der Waals surface area contributed by atoms with Gasteiger partial charge in [0.15, 0.2) is 0 Å². The van der Waals surface area contributed by atoms with E-state index < -0.39 is 27.0 Å². The highest BCUT2D eigenvalue weighted by atomic mass is 32.2. The number of nitro groups is 1. The number of carbonyl (C=O) groups is 1. The lowest BCUT2D eigenvalue weighted by Crippen LogP contribution is -2.42. The first-order chi connectivity index (χ1) is 10.5. The van der Waals surface area contributed by atoms with Gasteiger partial charge in [0.25, 0.3) is 5.69 Å². The number of aryl methyl sites for hydroxylation is 2. The van der Waals surface area contributed by atoms with E-state index in [-0.39, 0.29) is 34.0 Å². The summed E-state index contributed by atoms with van der Waals surface area (Å²) in [5.41, 5.74) is 0.173. The third kappa shape index (κ3) is 4.73. The molecule has 0 aliphatic heterocycles. The summed E-state index contributed by atoms with van der Waals surface area (Å²) in [5.74, 6) is -1.28. The highest BCUT2D eigenvalue weighted by Gasteiger charge is 2.29. The minimum Gasteiger partial charge on any atom is -0.480 e. The lowest BCUT2D eigenvalue weighted by molar-refractivity contribution is -0.385. The molecule has 0 spiro atoms. The predicted octanol–water partition coefficient (Wildman–Crippen LogP) is 1.99. The molecular weight excluding hydrogens is 324 g/mol. The Bertz CT molecular complexity index is 704. The molecule has 0 aliphatic rings. The van der Waals surface area contributed by atoms with Crippen LogP contribution in [0.2, 0.25) is 0 Å². The molecule has 0 aromatic heterocycles. The largest absolute Gasteiger partial charge is 0.480 e. The van der Waals surface area contributed by atoms with Gasteiger partial charge in [0, 0.05) is 12.1 Å². The van der Waals surface area contributed by atoms with Gasteiger partial charge in [0.1, 0.15) is 6.04 Å². The smallest absolute Gasteiger partial charge is 0.321 e. The number of hydrogen-bond donors (Lipinski definition) is 2. The summed E-state index contributed by atoms with van der Waals surface area (Å²) in [6.45, 7) is 6.44. The number of sulfonamides is 1. The maximum absolute atomic E-state index is 12.5. The molecule has 0 radical (unpaired) electrons. The zero-order valence-electron chi connectivity index (χ0n) is 13.4. The number of non-ortho nitro benzene ring substituents is 1. The molecule has 0 unspecified atom stereocenters. The summed E-state index contributed by atoms with van der Waals surface area (Å²) in [4.78, 5) is 21.3. The Morgan fingerprint density at radius 1 is 1.30 bits per heavy atom. The number of carboxylic acid groups (broad SMARTS) is 1.